The molecule has 8 heterocycles. The normalized spacial score (nSPS) is 19.1. The third kappa shape index (κ3) is 3.17. The van der Waals surface area contributed by atoms with Crippen LogP contribution in [0.5, 0.6) is 0 Å². The van der Waals surface area contributed by atoms with Crippen LogP contribution in [0.15, 0.2) is 128 Å². The summed E-state index contributed by atoms with van der Waals surface area (Å²) in [6.07, 6.45) is 25.7. The van der Waals surface area contributed by atoms with E-state index in [9.17, 15) is 0 Å². The van der Waals surface area contributed by atoms with Gasteiger partial charge in [-0.3, -0.25) is 4.40 Å². The number of rotatable bonds is 1. The number of hydrogen-bond donors (Lipinski definition) is 0. The molecule has 0 bridgehead atoms. The van der Waals surface area contributed by atoms with Crippen LogP contribution in [0.2, 0.25) is 0 Å². The number of aromatic nitrogens is 3. The molecule has 12 heteroatoms. The molecule has 0 saturated carbocycles. The molecule has 3 aromatic heterocycles. The third-order valence-corrected chi connectivity index (χ3v) is 9.27. The van der Waals surface area contributed by atoms with Crippen molar-refractivity contribution in [3.8, 4) is 0 Å². The van der Waals surface area contributed by atoms with E-state index in [2.05, 4.69) is 145 Å². The number of para-hydroxylation sites is 1. The van der Waals surface area contributed by atoms with E-state index in [0.29, 0.717) is 0 Å². The van der Waals surface area contributed by atoms with Crippen molar-refractivity contribution in [2.45, 2.75) is 0 Å². The van der Waals surface area contributed by atoms with Crippen molar-refractivity contribution >= 4 is 70.9 Å². The van der Waals surface area contributed by atoms with Crippen LogP contribution >= 0.6 is 11.3 Å². The number of hydrogen-bond acceptors (Lipinski definition) is 7. The summed E-state index contributed by atoms with van der Waals surface area (Å²) in [6.45, 7) is 0.190. The lowest BCUT2D eigenvalue weighted by atomic mass is 9.41. The first-order valence-corrected chi connectivity index (χ1v) is 14.4. The Bertz CT molecular complexity index is 1920. The second kappa shape index (κ2) is 8.47. The Labute approximate surface area is 237 Å². The lowest BCUT2D eigenvalue weighted by Crippen LogP contribution is -2.73. The highest BCUT2D eigenvalue weighted by molar-refractivity contribution is 7.23. The molecule has 5 aliphatic rings. The van der Waals surface area contributed by atoms with Gasteiger partial charge in [0.2, 0.25) is 0 Å². The second-order valence-electron chi connectivity index (χ2n) is 10.4. The molecular formula is C28H21B4N7S. The van der Waals surface area contributed by atoms with Crippen LogP contribution in [-0.2, 0) is 0 Å². The lowest BCUT2D eigenvalue weighted by molar-refractivity contribution is 0.622. The Morgan fingerprint density at radius 1 is 0.675 bits per heavy atom. The van der Waals surface area contributed by atoms with E-state index in [4.69, 9.17) is 9.97 Å². The lowest BCUT2D eigenvalue weighted by Gasteiger charge is -2.53. The summed E-state index contributed by atoms with van der Waals surface area (Å²) in [5, 5.41) is 1.24. The van der Waals surface area contributed by atoms with Crippen LogP contribution in [0.25, 0.3) is 31.7 Å². The van der Waals surface area contributed by atoms with Crippen LogP contribution in [0.3, 0.4) is 0 Å². The maximum atomic E-state index is 5.08. The maximum absolute atomic E-state index is 5.08. The minimum Gasteiger partial charge on any atom is -0.423 e. The van der Waals surface area contributed by atoms with Crippen molar-refractivity contribution in [2.75, 3.05) is 0 Å². The van der Waals surface area contributed by atoms with E-state index in [-0.39, 0.29) is 27.9 Å². The van der Waals surface area contributed by atoms with Gasteiger partial charge in [-0.25, -0.2) is 9.97 Å². The molecule has 9 rings (SSSR count). The summed E-state index contributed by atoms with van der Waals surface area (Å²) in [5.41, 5.74) is 3.27. The first-order valence-electron chi connectivity index (χ1n) is 13.5. The Hall–Kier alpha value is -4.56. The molecule has 0 atom stereocenters. The summed E-state index contributed by atoms with van der Waals surface area (Å²) < 4.78 is 11.9. The zero-order valence-electron chi connectivity index (χ0n) is 21.5. The van der Waals surface area contributed by atoms with Gasteiger partial charge < -0.3 is 18.9 Å². The average molecular weight is 531 g/mol. The fourth-order valence-corrected chi connectivity index (χ4v) is 7.52. The number of fused-ring (bicyclic) bond motifs is 13. The molecule has 5 aliphatic heterocycles. The molecule has 0 radical (unpaired) electrons. The fourth-order valence-electron chi connectivity index (χ4n) is 6.46. The van der Waals surface area contributed by atoms with E-state index < -0.39 is 0 Å². The molecule has 7 nitrogen and oxygen atoms in total. The molecule has 1 saturated heterocycles. The van der Waals surface area contributed by atoms with Crippen molar-refractivity contribution in [3.05, 3.63) is 134 Å². The zero-order chi connectivity index (χ0) is 26.2. The van der Waals surface area contributed by atoms with Gasteiger partial charge in [0.15, 0.2) is 5.82 Å². The quantitative estimate of drug-likeness (QED) is 0.336. The van der Waals surface area contributed by atoms with Crippen molar-refractivity contribution in [3.63, 3.8) is 0 Å². The van der Waals surface area contributed by atoms with Crippen molar-refractivity contribution in [1.29, 1.82) is 0 Å². The average Bonchev–Trinajstić information content (AvgIpc) is 3.56. The van der Waals surface area contributed by atoms with Crippen LogP contribution in [-0.4, -0.2) is 61.2 Å². The number of nitrogens with zero attached hydrogens (tertiary/aromatic N) is 7. The molecule has 1 aromatic carbocycles. The van der Waals surface area contributed by atoms with Gasteiger partial charge in [-0.15, -0.1) is 0 Å². The Morgan fingerprint density at radius 3 is 2.05 bits per heavy atom. The molecule has 0 N–H and O–H groups in total. The molecule has 0 amide bonds. The summed E-state index contributed by atoms with van der Waals surface area (Å²) >= 11 is 1.72. The van der Waals surface area contributed by atoms with E-state index >= 15 is 0 Å². The first-order chi connectivity index (χ1) is 19.8. The molecule has 1 fully saturated rings. The molecule has 186 valence electrons. The van der Waals surface area contributed by atoms with Gasteiger partial charge in [0, 0.05) is 11.0 Å². The second-order valence-corrected chi connectivity index (χ2v) is 11.4. The SMILES string of the molecule is C1=CB2N(C=C1)B1C=CC=CN1B1C=C(c3ncc4c(n3)sc3cc5ccccc5n34)C=CN1B1C=CC=CN21. The highest BCUT2D eigenvalue weighted by Crippen LogP contribution is 2.34. The smallest absolute Gasteiger partial charge is 0.381 e. The maximum Gasteiger partial charge on any atom is 0.381 e. The van der Waals surface area contributed by atoms with Gasteiger partial charge >= 0.3 is 27.9 Å². The van der Waals surface area contributed by atoms with Crippen molar-refractivity contribution in [1.82, 2.24) is 33.3 Å². The van der Waals surface area contributed by atoms with Gasteiger partial charge in [-0.1, -0.05) is 71.7 Å². The van der Waals surface area contributed by atoms with Crippen molar-refractivity contribution in [2.24, 2.45) is 0 Å². The fraction of sp³-hybridized carbons (Fsp3) is 0. The van der Waals surface area contributed by atoms with E-state index in [1.54, 1.807) is 11.3 Å². The minimum atomic E-state index is -0.0303. The van der Waals surface area contributed by atoms with E-state index in [1.165, 1.54) is 15.7 Å². The highest BCUT2D eigenvalue weighted by Gasteiger charge is 2.49. The predicted molar refractivity (Wildman–Crippen MR) is 168 cm³/mol. The zero-order valence-corrected chi connectivity index (χ0v) is 22.3. The van der Waals surface area contributed by atoms with Gasteiger partial charge in [-0.2, -0.15) is 0 Å². The molecule has 0 aliphatic carbocycles. The summed E-state index contributed by atoms with van der Waals surface area (Å²) in [7, 11) is 0. The van der Waals surface area contributed by atoms with Crippen LogP contribution in [0.1, 0.15) is 5.82 Å². The molecule has 0 spiro atoms. The summed E-state index contributed by atoms with van der Waals surface area (Å²) in [4.78, 5) is 12.2. The predicted octanol–water partition coefficient (Wildman–Crippen LogP) is 4.59. The monoisotopic (exact) mass is 531 g/mol. The standard InChI is InChI=1S/C28H21B4N7S/c1-2-10-24-22(9-1)19-26-39(24)25-21-33-27(34-28(25)40-26)23-11-18-38-31-14-4-7-16-36(31)29-12-3-6-15-35(29)30-13-5-8-17-37(30)32(38)20-23/h1-21H. The Balaban J connectivity index is 1.16. The van der Waals surface area contributed by atoms with Crippen LogP contribution < -0.4 is 0 Å². The van der Waals surface area contributed by atoms with Gasteiger partial charge in [0.1, 0.15) is 15.2 Å². The van der Waals surface area contributed by atoms with Gasteiger partial charge in [0.05, 0.1) is 11.7 Å². The van der Waals surface area contributed by atoms with E-state index in [1.807, 2.05) is 6.20 Å². The molecule has 4 aromatic rings. The van der Waals surface area contributed by atoms with Gasteiger partial charge in [0.25, 0.3) is 0 Å². The van der Waals surface area contributed by atoms with Crippen LogP contribution in [0, 0.1) is 0 Å². The first kappa shape index (κ1) is 22.3. The topological polar surface area (TPSA) is 43.2 Å². The van der Waals surface area contributed by atoms with Crippen LogP contribution in [0.4, 0.5) is 0 Å². The largest absolute Gasteiger partial charge is 0.423 e. The highest BCUT2D eigenvalue weighted by atomic mass is 32.1. The Kier molecular flexibility index (Phi) is 4.72. The molecular weight excluding hydrogens is 510 g/mol. The van der Waals surface area contributed by atoms with Crippen molar-refractivity contribution < 1.29 is 0 Å². The number of benzene rings is 1. The summed E-state index contributed by atoms with van der Waals surface area (Å²) in [6, 6.07) is 10.7. The van der Waals surface area contributed by atoms with Gasteiger partial charge in [-0.05, 0) is 61.2 Å². The molecule has 0 unspecified atom stereocenters. The number of allylic oxidation sites excluding steroid dienone is 8. The Morgan fingerprint density at radius 2 is 1.32 bits per heavy atom. The summed E-state index contributed by atoms with van der Waals surface area (Å²) in [5.74, 6) is 9.87. The number of thiazole rings is 1. The third-order valence-electron chi connectivity index (χ3n) is 8.27. The minimum absolute atomic E-state index is 0.0303. The molecule has 40 heavy (non-hydrogen) atoms. The van der Waals surface area contributed by atoms with E-state index in [0.717, 1.165) is 21.7 Å².